The SMILES string of the molecule is NCCN(C(=O)C1CCCCC1)C1CC1. The van der Waals surface area contributed by atoms with Crippen molar-refractivity contribution in [2.75, 3.05) is 13.1 Å². The summed E-state index contributed by atoms with van der Waals surface area (Å²) < 4.78 is 0. The molecule has 0 aromatic carbocycles. The van der Waals surface area contributed by atoms with E-state index in [0.29, 0.717) is 24.4 Å². The van der Waals surface area contributed by atoms with E-state index in [1.54, 1.807) is 0 Å². The average Bonchev–Trinajstić information content (AvgIpc) is 3.10. The minimum atomic E-state index is 0.311. The molecule has 0 atom stereocenters. The summed E-state index contributed by atoms with van der Waals surface area (Å²) in [6.45, 7) is 1.37. The lowest BCUT2D eigenvalue weighted by Gasteiger charge is -2.29. The van der Waals surface area contributed by atoms with Gasteiger partial charge in [-0.1, -0.05) is 19.3 Å². The van der Waals surface area contributed by atoms with Crippen LogP contribution in [0.25, 0.3) is 0 Å². The van der Waals surface area contributed by atoms with E-state index in [0.717, 1.165) is 19.4 Å². The Labute approximate surface area is 92.0 Å². The molecule has 2 fully saturated rings. The third kappa shape index (κ3) is 2.71. The number of hydrogen-bond donors (Lipinski definition) is 1. The molecule has 3 heteroatoms. The maximum atomic E-state index is 12.2. The smallest absolute Gasteiger partial charge is 0.225 e. The first-order valence-corrected chi connectivity index (χ1v) is 6.33. The molecule has 2 rings (SSSR count). The van der Waals surface area contributed by atoms with E-state index in [-0.39, 0.29) is 0 Å². The maximum absolute atomic E-state index is 12.2. The monoisotopic (exact) mass is 210 g/mol. The third-order valence-corrected chi connectivity index (χ3v) is 3.60. The number of carbonyl (C=O) groups is 1. The molecule has 0 aliphatic heterocycles. The summed E-state index contributed by atoms with van der Waals surface area (Å²) in [4.78, 5) is 14.3. The second kappa shape index (κ2) is 4.97. The number of carbonyl (C=O) groups excluding carboxylic acids is 1. The van der Waals surface area contributed by atoms with E-state index in [1.807, 2.05) is 0 Å². The quantitative estimate of drug-likeness (QED) is 0.764. The first kappa shape index (κ1) is 10.9. The normalized spacial score (nSPS) is 22.7. The molecule has 0 aromatic heterocycles. The lowest BCUT2D eigenvalue weighted by Crippen LogP contribution is -2.41. The van der Waals surface area contributed by atoms with Gasteiger partial charge in [-0.15, -0.1) is 0 Å². The number of nitrogens with zero attached hydrogens (tertiary/aromatic N) is 1. The molecule has 2 N–H and O–H groups in total. The molecule has 0 aromatic rings. The molecule has 15 heavy (non-hydrogen) atoms. The summed E-state index contributed by atoms with van der Waals surface area (Å²) in [6, 6.07) is 0.531. The lowest BCUT2D eigenvalue weighted by atomic mass is 9.88. The highest BCUT2D eigenvalue weighted by Gasteiger charge is 2.35. The van der Waals surface area contributed by atoms with Crippen molar-refractivity contribution < 1.29 is 4.79 Å². The Balaban J connectivity index is 1.90. The Bertz CT molecular complexity index is 220. The highest BCUT2D eigenvalue weighted by molar-refractivity contribution is 5.79. The molecule has 1 amide bonds. The van der Waals surface area contributed by atoms with Gasteiger partial charge in [-0.3, -0.25) is 4.79 Å². The summed E-state index contributed by atoms with van der Waals surface area (Å²) in [5.41, 5.74) is 5.57. The summed E-state index contributed by atoms with van der Waals surface area (Å²) in [5, 5.41) is 0. The molecule has 86 valence electrons. The topological polar surface area (TPSA) is 46.3 Å². The fraction of sp³-hybridized carbons (Fsp3) is 0.917. The van der Waals surface area contributed by atoms with Gasteiger partial charge in [0, 0.05) is 25.0 Å². The third-order valence-electron chi connectivity index (χ3n) is 3.60. The van der Waals surface area contributed by atoms with Crippen molar-refractivity contribution in [2.24, 2.45) is 11.7 Å². The Hall–Kier alpha value is -0.570. The number of hydrogen-bond acceptors (Lipinski definition) is 2. The van der Waals surface area contributed by atoms with Crippen LogP contribution in [0.15, 0.2) is 0 Å². The van der Waals surface area contributed by atoms with Gasteiger partial charge in [0.05, 0.1) is 0 Å². The molecule has 0 unspecified atom stereocenters. The predicted octanol–water partition coefficient (Wildman–Crippen LogP) is 1.52. The van der Waals surface area contributed by atoms with E-state index < -0.39 is 0 Å². The first-order valence-electron chi connectivity index (χ1n) is 6.33. The van der Waals surface area contributed by atoms with Crippen LogP contribution in [0.1, 0.15) is 44.9 Å². The van der Waals surface area contributed by atoms with Crippen molar-refractivity contribution >= 4 is 5.91 Å². The van der Waals surface area contributed by atoms with Crippen LogP contribution in [0.2, 0.25) is 0 Å². The zero-order valence-corrected chi connectivity index (χ0v) is 9.45. The highest BCUT2D eigenvalue weighted by atomic mass is 16.2. The van der Waals surface area contributed by atoms with Gasteiger partial charge >= 0.3 is 0 Å². The van der Waals surface area contributed by atoms with Gasteiger partial charge in [0.25, 0.3) is 0 Å². The van der Waals surface area contributed by atoms with Crippen molar-refractivity contribution in [3.8, 4) is 0 Å². The van der Waals surface area contributed by atoms with Crippen LogP contribution < -0.4 is 5.73 Å². The second-order valence-electron chi connectivity index (χ2n) is 4.89. The molecule has 0 bridgehead atoms. The predicted molar refractivity (Wildman–Crippen MR) is 60.4 cm³/mol. The van der Waals surface area contributed by atoms with Crippen molar-refractivity contribution in [1.29, 1.82) is 0 Å². The largest absolute Gasteiger partial charge is 0.338 e. The fourth-order valence-corrected chi connectivity index (χ4v) is 2.58. The van der Waals surface area contributed by atoms with Crippen LogP contribution in [-0.2, 0) is 4.79 Å². The Morgan fingerprint density at radius 1 is 1.13 bits per heavy atom. The van der Waals surface area contributed by atoms with Crippen LogP contribution in [0.3, 0.4) is 0 Å². The number of amides is 1. The minimum Gasteiger partial charge on any atom is -0.338 e. The van der Waals surface area contributed by atoms with E-state index in [1.165, 1.54) is 32.1 Å². The van der Waals surface area contributed by atoms with E-state index in [4.69, 9.17) is 5.73 Å². The van der Waals surface area contributed by atoms with Gasteiger partial charge in [0.2, 0.25) is 5.91 Å². The lowest BCUT2D eigenvalue weighted by molar-refractivity contribution is -0.137. The minimum absolute atomic E-state index is 0.311. The standard InChI is InChI=1S/C12H22N2O/c13-8-9-14(11-6-7-11)12(15)10-4-2-1-3-5-10/h10-11H,1-9,13H2. The van der Waals surface area contributed by atoms with Gasteiger partial charge in [0.1, 0.15) is 0 Å². The number of nitrogens with two attached hydrogens (primary N) is 1. The second-order valence-corrected chi connectivity index (χ2v) is 4.89. The van der Waals surface area contributed by atoms with Gasteiger partial charge < -0.3 is 10.6 Å². The Morgan fingerprint density at radius 2 is 1.80 bits per heavy atom. The summed E-state index contributed by atoms with van der Waals surface area (Å²) >= 11 is 0. The van der Waals surface area contributed by atoms with Crippen LogP contribution in [0.5, 0.6) is 0 Å². The molecule has 0 spiro atoms. The highest BCUT2D eigenvalue weighted by Crippen LogP contribution is 2.31. The number of rotatable bonds is 4. The molecular formula is C12H22N2O. The molecule has 3 nitrogen and oxygen atoms in total. The zero-order valence-electron chi connectivity index (χ0n) is 9.45. The zero-order chi connectivity index (χ0) is 10.7. The first-order chi connectivity index (χ1) is 7.33. The van der Waals surface area contributed by atoms with Crippen molar-refractivity contribution in [3.05, 3.63) is 0 Å². The van der Waals surface area contributed by atoms with E-state index >= 15 is 0 Å². The van der Waals surface area contributed by atoms with Crippen molar-refractivity contribution in [2.45, 2.75) is 51.0 Å². The summed E-state index contributed by atoms with van der Waals surface area (Å²) in [5.74, 6) is 0.702. The van der Waals surface area contributed by atoms with Gasteiger partial charge in [-0.2, -0.15) is 0 Å². The molecule has 0 radical (unpaired) electrons. The van der Waals surface area contributed by atoms with E-state index in [2.05, 4.69) is 4.90 Å². The van der Waals surface area contributed by atoms with Gasteiger partial charge in [0.15, 0.2) is 0 Å². The van der Waals surface area contributed by atoms with E-state index in [9.17, 15) is 4.79 Å². The maximum Gasteiger partial charge on any atom is 0.225 e. The molecule has 2 aliphatic rings. The Kier molecular flexibility index (Phi) is 3.62. The molecule has 0 saturated heterocycles. The van der Waals surface area contributed by atoms with Crippen molar-refractivity contribution in [3.63, 3.8) is 0 Å². The summed E-state index contributed by atoms with van der Waals surface area (Å²) in [6.07, 6.45) is 8.37. The molecular weight excluding hydrogens is 188 g/mol. The van der Waals surface area contributed by atoms with Gasteiger partial charge in [-0.05, 0) is 25.7 Å². The van der Waals surface area contributed by atoms with Crippen LogP contribution in [0.4, 0.5) is 0 Å². The van der Waals surface area contributed by atoms with Crippen molar-refractivity contribution in [1.82, 2.24) is 4.90 Å². The molecule has 2 saturated carbocycles. The van der Waals surface area contributed by atoms with Crippen LogP contribution in [0, 0.1) is 5.92 Å². The fourth-order valence-electron chi connectivity index (χ4n) is 2.58. The van der Waals surface area contributed by atoms with Gasteiger partial charge in [-0.25, -0.2) is 0 Å². The Morgan fingerprint density at radius 3 is 2.33 bits per heavy atom. The molecule has 0 heterocycles. The van der Waals surface area contributed by atoms with Crippen LogP contribution in [-0.4, -0.2) is 29.9 Å². The molecule has 2 aliphatic carbocycles. The average molecular weight is 210 g/mol. The van der Waals surface area contributed by atoms with Crippen LogP contribution >= 0.6 is 0 Å². The summed E-state index contributed by atoms with van der Waals surface area (Å²) in [7, 11) is 0.